The van der Waals surface area contributed by atoms with Crippen LogP contribution >= 0.6 is 0 Å². The van der Waals surface area contributed by atoms with Crippen LogP contribution in [0.15, 0.2) is 36.5 Å². The normalized spacial score (nSPS) is 19.4. The maximum Gasteiger partial charge on any atom is 0.335 e. The lowest BCUT2D eigenvalue weighted by atomic mass is 9.82. The number of fused-ring (bicyclic) bond motifs is 5. The summed E-state index contributed by atoms with van der Waals surface area (Å²) in [5, 5.41) is 11.0. The Labute approximate surface area is 207 Å². The highest BCUT2D eigenvalue weighted by Gasteiger charge is 2.31. The van der Waals surface area contributed by atoms with E-state index in [2.05, 4.69) is 32.6 Å². The lowest BCUT2D eigenvalue weighted by Gasteiger charge is -2.30. The van der Waals surface area contributed by atoms with E-state index in [9.17, 15) is 9.90 Å². The van der Waals surface area contributed by atoms with Gasteiger partial charge in [0.25, 0.3) is 0 Å². The summed E-state index contributed by atoms with van der Waals surface area (Å²) < 4.78 is 2.41. The molecule has 6 nitrogen and oxygen atoms in total. The highest BCUT2D eigenvalue weighted by atomic mass is 16.4. The maximum absolute atomic E-state index is 11.8. The summed E-state index contributed by atoms with van der Waals surface area (Å²) in [6.07, 6.45) is 12.2. The van der Waals surface area contributed by atoms with Crippen molar-refractivity contribution in [3.8, 4) is 11.3 Å². The Morgan fingerprint density at radius 3 is 2.54 bits per heavy atom. The van der Waals surface area contributed by atoms with Crippen LogP contribution in [0.1, 0.15) is 73.2 Å². The first-order chi connectivity index (χ1) is 17.2. The number of likely N-dealkylation sites (tertiary alicyclic amines) is 1. The molecule has 184 valence electrons. The number of nitrogens with zero attached hydrogens (tertiary/aromatic N) is 4. The number of benzene rings is 1. The van der Waals surface area contributed by atoms with Crippen LogP contribution in [0.25, 0.3) is 22.2 Å². The predicted molar refractivity (Wildman–Crippen MR) is 140 cm³/mol. The average molecular weight is 473 g/mol. The van der Waals surface area contributed by atoms with Crippen molar-refractivity contribution in [2.24, 2.45) is 0 Å². The second-order valence-electron chi connectivity index (χ2n) is 10.5. The smallest absolute Gasteiger partial charge is 0.335 e. The molecule has 35 heavy (non-hydrogen) atoms. The van der Waals surface area contributed by atoms with Crippen molar-refractivity contribution in [2.45, 2.75) is 63.8 Å². The highest BCUT2D eigenvalue weighted by molar-refractivity contribution is 5.99. The second-order valence-corrected chi connectivity index (χ2v) is 10.5. The Bertz CT molecular complexity index is 1220. The number of carboxylic acids is 1. The molecule has 6 heteroatoms. The van der Waals surface area contributed by atoms with Crippen LogP contribution in [0.5, 0.6) is 0 Å². The summed E-state index contributed by atoms with van der Waals surface area (Å²) in [5.41, 5.74) is 5.33. The van der Waals surface area contributed by atoms with Crippen LogP contribution in [-0.4, -0.2) is 58.3 Å². The quantitative estimate of drug-likeness (QED) is 0.512. The van der Waals surface area contributed by atoms with Crippen molar-refractivity contribution >= 4 is 22.7 Å². The zero-order chi connectivity index (χ0) is 23.8. The van der Waals surface area contributed by atoms with E-state index in [0.717, 1.165) is 37.5 Å². The van der Waals surface area contributed by atoms with Gasteiger partial charge in [-0.15, -0.1) is 0 Å². The van der Waals surface area contributed by atoms with E-state index >= 15 is 0 Å². The summed E-state index contributed by atoms with van der Waals surface area (Å²) in [7, 11) is 0. The third-order valence-corrected chi connectivity index (χ3v) is 8.43. The highest BCUT2D eigenvalue weighted by Crippen LogP contribution is 2.46. The molecular weight excluding hydrogens is 436 g/mol. The van der Waals surface area contributed by atoms with Gasteiger partial charge in [0.1, 0.15) is 5.82 Å². The van der Waals surface area contributed by atoms with Gasteiger partial charge in [-0.1, -0.05) is 31.7 Å². The van der Waals surface area contributed by atoms with E-state index < -0.39 is 5.97 Å². The Morgan fingerprint density at radius 1 is 0.943 bits per heavy atom. The molecule has 0 amide bonds. The summed E-state index contributed by atoms with van der Waals surface area (Å²) in [5.74, 6) is 0.744. The molecule has 2 aliphatic heterocycles. The Balaban J connectivity index is 1.46. The number of hydrogen-bond donors (Lipinski definition) is 1. The first-order valence-corrected chi connectivity index (χ1v) is 13.5. The first-order valence-electron chi connectivity index (χ1n) is 13.5. The molecule has 0 spiro atoms. The summed E-state index contributed by atoms with van der Waals surface area (Å²) in [6, 6.07) is 10.0. The van der Waals surface area contributed by atoms with Gasteiger partial charge in [0.05, 0.1) is 11.3 Å². The number of piperidine rings is 1. The number of rotatable bonds is 5. The molecule has 1 saturated carbocycles. The van der Waals surface area contributed by atoms with Crippen molar-refractivity contribution < 1.29 is 9.90 Å². The van der Waals surface area contributed by atoms with Gasteiger partial charge in [0.2, 0.25) is 0 Å². The van der Waals surface area contributed by atoms with Gasteiger partial charge in [-0.05, 0) is 74.5 Å². The lowest BCUT2D eigenvalue weighted by molar-refractivity contribution is 0.0697. The predicted octanol–water partition coefficient (Wildman–Crippen LogP) is 5.76. The molecule has 4 heterocycles. The van der Waals surface area contributed by atoms with Gasteiger partial charge in [-0.3, -0.25) is 0 Å². The summed E-state index contributed by atoms with van der Waals surface area (Å²) in [4.78, 5) is 21.8. The first kappa shape index (κ1) is 22.6. The monoisotopic (exact) mass is 472 g/mol. The van der Waals surface area contributed by atoms with E-state index in [4.69, 9.17) is 4.98 Å². The Morgan fingerprint density at radius 2 is 1.74 bits per heavy atom. The number of anilines is 1. The van der Waals surface area contributed by atoms with E-state index in [0.29, 0.717) is 11.5 Å². The van der Waals surface area contributed by atoms with Crippen LogP contribution < -0.4 is 4.90 Å². The molecule has 3 aliphatic rings. The summed E-state index contributed by atoms with van der Waals surface area (Å²) >= 11 is 0. The average Bonchev–Trinajstić information content (AvgIpc) is 3.14. The standard InChI is InChI=1S/C29H36N4O2/c34-29(35)22-11-12-23-25(20-22)33-19-18-32(17-16-31-14-5-2-6-15-31)28-24(10-7-13-30-28)27(33)26(23)21-8-3-1-4-9-21/h7,10-13,20-21H,1-6,8-9,14-19H2,(H,34,35). The van der Waals surface area contributed by atoms with Gasteiger partial charge in [0.15, 0.2) is 0 Å². The van der Waals surface area contributed by atoms with E-state index in [1.165, 1.54) is 86.7 Å². The molecular formula is C29H36N4O2. The number of aromatic nitrogens is 2. The van der Waals surface area contributed by atoms with Crippen molar-refractivity contribution in [1.29, 1.82) is 0 Å². The van der Waals surface area contributed by atoms with Crippen LogP contribution in [0, 0.1) is 0 Å². The fourth-order valence-electron chi connectivity index (χ4n) is 6.66. The molecule has 0 atom stereocenters. The third kappa shape index (κ3) is 4.22. The number of pyridine rings is 1. The largest absolute Gasteiger partial charge is 0.478 e. The molecule has 1 saturated heterocycles. The topological polar surface area (TPSA) is 61.6 Å². The molecule has 2 fully saturated rings. The maximum atomic E-state index is 11.8. The fourth-order valence-corrected chi connectivity index (χ4v) is 6.66. The third-order valence-electron chi connectivity index (χ3n) is 8.43. The number of aromatic carboxylic acids is 1. The minimum absolute atomic E-state index is 0.366. The van der Waals surface area contributed by atoms with Crippen LogP contribution in [0.2, 0.25) is 0 Å². The zero-order valence-corrected chi connectivity index (χ0v) is 20.6. The second kappa shape index (κ2) is 9.65. The molecule has 6 rings (SSSR count). The van der Waals surface area contributed by atoms with Gasteiger partial charge in [0, 0.05) is 48.8 Å². The molecule has 0 bridgehead atoms. The molecule has 1 aliphatic carbocycles. The van der Waals surface area contributed by atoms with Crippen LogP contribution in [0.4, 0.5) is 5.82 Å². The number of carboxylic acid groups (broad SMARTS) is 1. The lowest BCUT2D eigenvalue weighted by Crippen LogP contribution is -2.39. The van der Waals surface area contributed by atoms with Crippen molar-refractivity contribution in [2.75, 3.05) is 37.6 Å². The van der Waals surface area contributed by atoms with E-state index in [-0.39, 0.29) is 0 Å². The van der Waals surface area contributed by atoms with Gasteiger partial charge in [-0.2, -0.15) is 0 Å². The van der Waals surface area contributed by atoms with Gasteiger partial charge >= 0.3 is 5.97 Å². The van der Waals surface area contributed by atoms with E-state index in [1.807, 2.05) is 12.3 Å². The number of hydrogen-bond acceptors (Lipinski definition) is 4. The summed E-state index contributed by atoms with van der Waals surface area (Å²) in [6.45, 7) is 6.19. The van der Waals surface area contributed by atoms with Gasteiger partial charge < -0.3 is 19.5 Å². The van der Waals surface area contributed by atoms with Crippen LogP contribution in [-0.2, 0) is 6.54 Å². The van der Waals surface area contributed by atoms with Gasteiger partial charge in [-0.25, -0.2) is 9.78 Å². The SMILES string of the molecule is O=C(O)c1ccc2c(C3CCCCC3)c3n(c2c1)CCN(CCN1CCCCC1)c1ncccc1-3. The van der Waals surface area contributed by atoms with Crippen molar-refractivity contribution in [3.05, 3.63) is 47.7 Å². The molecule has 1 N–H and O–H groups in total. The van der Waals surface area contributed by atoms with Crippen molar-refractivity contribution in [1.82, 2.24) is 14.5 Å². The van der Waals surface area contributed by atoms with E-state index in [1.54, 1.807) is 6.07 Å². The Hall–Kier alpha value is -2.86. The number of carbonyl (C=O) groups is 1. The molecule has 2 aromatic heterocycles. The van der Waals surface area contributed by atoms with Crippen LogP contribution in [0.3, 0.4) is 0 Å². The molecule has 3 aromatic rings. The zero-order valence-electron chi connectivity index (χ0n) is 20.6. The minimum atomic E-state index is -0.861. The van der Waals surface area contributed by atoms with Crippen molar-refractivity contribution in [3.63, 3.8) is 0 Å². The molecule has 1 aromatic carbocycles. The minimum Gasteiger partial charge on any atom is -0.478 e. The molecule has 0 radical (unpaired) electrons. The fraction of sp³-hybridized carbons (Fsp3) is 0.517. The Kier molecular flexibility index (Phi) is 6.23. The molecule has 0 unspecified atom stereocenters.